The summed E-state index contributed by atoms with van der Waals surface area (Å²) < 4.78 is 7.18. The van der Waals surface area contributed by atoms with E-state index in [9.17, 15) is 9.59 Å². The zero-order valence-corrected chi connectivity index (χ0v) is 13.4. The van der Waals surface area contributed by atoms with Gasteiger partial charge in [-0.1, -0.05) is 0 Å². The molecule has 126 valence electrons. The molecule has 2 atom stereocenters. The second-order valence-corrected chi connectivity index (χ2v) is 6.17. The molecule has 2 N–H and O–H groups in total. The van der Waals surface area contributed by atoms with Gasteiger partial charge < -0.3 is 20.3 Å². The largest absolute Gasteiger partial charge is 0.382 e. The van der Waals surface area contributed by atoms with Crippen LogP contribution in [0.3, 0.4) is 0 Å². The summed E-state index contributed by atoms with van der Waals surface area (Å²) in [6.07, 6.45) is 3.97. The Hall–Kier alpha value is -2.09. The van der Waals surface area contributed by atoms with Crippen LogP contribution in [-0.2, 0) is 20.9 Å². The number of nitrogen functional groups attached to an aromatic ring is 1. The number of aromatic nitrogens is 2. The van der Waals surface area contributed by atoms with Crippen molar-refractivity contribution in [2.45, 2.75) is 38.0 Å². The number of nitrogens with zero attached hydrogens (tertiary/aromatic N) is 4. The van der Waals surface area contributed by atoms with Crippen LogP contribution in [0.15, 0.2) is 12.3 Å². The van der Waals surface area contributed by atoms with Gasteiger partial charge in [0.15, 0.2) is 0 Å². The second kappa shape index (κ2) is 6.57. The van der Waals surface area contributed by atoms with Crippen LogP contribution in [0, 0.1) is 0 Å². The number of carbonyl (C=O) groups is 2. The molecule has 3 rings (SSSR count). The van der Waals surface area contributed by atoms with E-state index in [1.165, 1.54) is 0 Å². The number of nitrogens with two attached hydrogens (primary N) is 1. The standard InChI is InChI=1S/C15H23N5O3/c1-23-12-7-11(8-19-6-4-13(16)17-19)20(9-12)15(22)10-18-5-2-3-14(18)21/h4,6,11-12H,2-3,5,7-10H2,1H3,(H2,16,17)/t11-,12+/m0/s1. The smallest absolute Gasteiger partial charge is 0.242 e. The van der Waals surface area contributed by atoms with Gasteiger partial charge in [0.25, 0.3) is 0 Å². The van der Waals surface area contributed by atoms with Crippen LogP contribution in [0.25, 0.3) is 0 Å². The van der Waals surface area contributed by atoms with Gasteiger partial charge in [-0.2, -0.15) is 5.10 Å². The fourth-order valence-electron chi connectivity index (χ4n) is 3.34. The van der Waals surface area contributed by atoms with Crippen molar-refractivity contribution in [1.29, 1.82) is 0 Å². The van der Waals surface area contributed by atoms with E-state index in [4.69, 9.17) is 10.5 Å². The van der Waals surface area contributed by atoms with E-state index in [1.54, 1.807) is 22.8 Å². The Morgan fingerprint density at radius 2 is 2.35 bits per heavy atom. The SMILES string of the molecule is CO[C@@H]1C[C@@H](Cn2ccc(N)n2)N(C(=O)CN2CCCC2=O)C1. The molecule has 2 aliphatic heterocycles. The van der Waals surface area contributed by atoms with Gasteiger partial charge in [-0.15, -0.1) is 0 Å². The number of methoxy groups -OCH3 is 1. The zero-order valence-electron chi connectivity index (χ0n) is 13.4. The van der Waals surface area contributed by atoms with Crippen molar-refractivity contribution >= 4 is 17.6 Å². The maximum atomic E-state index is 12.6. The van der Waals surface area contributed by atoms with Gasteiger partial charge in [-0.05, 0) is 18.9 Å². The van der Waals surface area contributed by atoms with Crippen LogP contribution in [0.1, 0.15) is 19.3 Å². The third-order valence-electron chi connectivity index (χ3n) is 4.59. The molecular weight excluding hydrogens is 298 g/mol. The first kappa shape index (κ1) is 15.8. The van der Waals surface area contributed by atoms with Crippen LogP contribution in [0.5, 0.6) is 0 Å². The second-order valence-electron chi connectivity index (χ2n) is 6.17. The Bertz CT molecular complexity index is 587. The van der Waals surface area contributed by atoms with Crippen LogP contribution in [0.4, 0.5) is 5.82 Å². The lowest BCUT2D eigenvalue weighted by atomic mass is 10.2. The number of hydrogen-bond acceptors (Lipinski definition) is 5. The molecule has 3 heterocycles. The molecule has 0 aromatic carbocycles. The molecule has 2 amide bonds. The highest BCUT2D eigenvalue weighted by Crippen LogP contribution is 2.22. The molecule has 0 radical (unpaired) electrons. The van der Waals surface area contributed by atoms with Gasteiger partial charge in [-0.25, -0.2) is 0 Å². The molecule has 1 aromatic heterocycles. The van der Waals surface area contributed by atoms with E-state index in [0.717, 1.165) is 12.8 Å². The quantitative estimate of drug-likeness (QED) is 0.804. The molecule has 2 aliphatic rings. The average molecular weight is 321 g/mol. The minimum Gasteiger partial charge on any atom is -0.382 e. The predicted molar refractivity (Wildman–Crippen MR) is 83.4 cm³/mol. The van der Waals surface area contributed by atoms with Gasteiger partial charge in [-0.3, -0.25) is 14.3 Å². The molecule has 0 spiro atoms. The molecule has 0 saturated carbocycles. The first-order chi connectivity index (χ1) is 11.1. The van der Waals surface area contributed by atoms with Crippen molar-refractivity contribution in [2.75, 3.05) is 32.5 Å². The monoisotopic (exact) mass is 321 g/mol. The number of amides is 2. The molecule has 1 aromatic rings. The van der Waals surface area contributed by atoms with E-state index in [0.29, 0.717) is 31.9 Å². The summed E-state index contributed by atoms with van der Waals surface area (Å²) >= 11 is 0. The Kier molecular flexibility index (Phi) is 4.51. The summed E-state index contributed by atoms with van der Waals surface area (Å²) in [5.41, 5.74) is 5.64. The van der Waals surface area contributed by atoms with Gasteiger partial charge in [0, 0.05) is 32.8 Å². The third-order valence-corrected chi connectivity index (χ3v) is 4.59. The number of rotatable bonds is 5. The summed E-state index contributed by atoms with van der Waals surface area (Å²) in [5, 5.41) is 4.19. The highest BCUT2D eigenvalue weighted by molar-refractivity contribution is 5.86. The van der Waals surface area contributed by atoms with Crippen molar-refractivity contribution in [2.24, 2.45) is 0 Å². The van der Waals surface area contributed by atoms with E-state index >= 15 is 0 Å². The summed E-state index contributed by atoms with van der Waals surface area (Å²) in [6, 6.07) is 1.74. The van der Waals surface area contributed by atoms with E-state index in [2.05, 4.69) is 5.10 Å². The van der Waals surface area contributed by atoms with Crippen molar-refractivity contribution in [1.82, 2.24) is 19.6 Å². The minimum absolute atomic E-state index is 0.00413. The lowest BCUT2D eigenvalue weighted by Gasteiger charge is -2.26. The minimum atomic E-state index is -0.0232. The maximum Gasteiger partial charge on any atom is 0.242 e. The lowest BCUT2D eigenvalue weighted by molar-refractivity contribution is -0.139. The molecule has 2 fully saturated rings. The van der Waals surface area contributed by atoms with Crippen molar-refractivity contribution in [3.8, 4) is 0 Å². The molecule has 8 nitrogen and oxygen atoms in total. The first-order valence-electron chi connectivity index (χ1n) is 7.96. The number of likely N-dealkylation sites (tertiary alicyclic amines) is 2. The lowest BCUT2D eigenvalue weighted by Crippen LogP contribution is -2.44. The zero-order chi connectivity index (χ0) is 16.4. The van der Waals surface area contributed by atoms with E-state index < -0.39 is 0 Å². The Morgan fingerprint density at radius 1 is 1.52 bits per heavy atom. The Balaban J connectivity index is 1.66. The van der Waals surface area contributed by atoms with E-state index in [1.807, 2.05) is 11.1 Å². The summed E-state index contributed by atoms with van der Waals surface area (Å²) in [7, 11) is 1.66. The molecule has 8 heteroatoms. The summed E-state index contributed by atoms with van der Waals surface area (Å²) in [5.74, 6) is 0.508. The predicted octanol–water partition coefficient (Wildman–Crippen LogP) is -0.296. The normalized spacial score (nSPS) is 24.7. The van der Waals surface area contributed by atoms with E-state index in [-0.39, 0.29) is 30.5 Å². The molecule has 0 aliphatic carbocycles. The molecule has 23 heavy (non-hydrogen) atoms. The molecule has 2 saturated heterocycles. The third kappa shape index (κ3) is 3.47. The highest BCUT2D eigenvalue weighted by Gasteiger charge is 2.37. The average Bonchev–Trinajstić information content (AvgIpc) is 3.21. The maximum absolute atomic E-state index is 12.6. The number of anilines is 1. The van der Waals surface area contributed by atoms with Crippen LogP contribution < -0.4 is 5.73 Å². The van der Waals surface area contributed by atoms with Gasteiger partial charge in [0.1, 0.15) is 5.82 Å². The van der Waals surface area contributed by atoms with Crippen molar-refractivity contribution in [3.63, 3.8) is 0 Å². The molecule has 0 bridgehead atoms. The van der Waals surface area contributed by atoms with Crippen LogP contribution >= 0.6 is 0 Å². The van der Waals surface area contributed by atoms with Crippen molar-refractivity contribution < 1.29 is 14.3 Å². The summed E-state index contributed by atoms with van der Waals surface area (Å²) in [6.45, 7) is 1.97. The first-order valence-corrected chi connectivity index (χ1v) is 7.96. The summed E-state index contributed by atoms with van der Waals surface area (Å²) in [4.78, 5) is 27.8. The fourth-order valence-corrected chi connectivity index (χ4v) is 3.34. The number of carbonyl (C=O) groups excluding carboxylic acids is 2. The molecular formula is C15H23N5O3. The van der Waals surface area contributed by atoms with Crippen LogP contribution in [0.2, 0.25) is 0 Å². The molecule has 0 unspecified atom stereocenters. The number of hydrogen-bond donors (Lipinski definition) is 1. The fraction of sp³-hybridized carbons (Fsp3) is 0.667. The van der Waals surface area contributed by atoms with Crippen LogP contribution in [-0.4, -0.2) is 70.3 Å². The Morgan fingerprint density at radius 3 is 2.96 bits per heavy atom. The van der Waals surface area contributed by atoms with Crippen molar-refractivity contribution in [3.05, 3.63) is 12.3 Å². The Labute approximate surface area is 135 Å². The van der Waals surface area contributed by atoms with Gasteiger partial charge in [0.05, 0.1) is 25.2 Å². The highest BCUT2D eigenvalue weighted by atomic mass is 16.5. The topological polar surface area (TPSA) is 93.7 Å². The van der Waals surface area contributed by atoms with Gasteiger partial charge in [0.2, 0.25) is 11.8 Å². The number of ether oxygens (including phenoxy) is 1. The van der Waals surface area contributed by atoms with Gasteiger partial charge >= 0.3 is 0 Å².